The number of rotatable bonds is 6. The zero-order chi connectivity index (χ0) is 15.9. The molecule has 0 spiro atoms. The first-order valence-corrected chi connectivity index (χ1v) is 8.11. The molecule has 21 heavy (non-hydrogen) atoms. The van der Waals surface area contributed by atoms with Crippen LogP contribution in [0.15, 0.2) is 11.6 Å². The Morgan fingerprint density at radius 3 is 2.71 bits per heavy atom. The Bertz CT molecular complexity index is 358. The Balaban J connectivity index is 2.03. The molecule has 0 radical (unpaired) electrons. The third-order valence-corrected chi connectivity index (χ3v) is 3.52. The number of ether oxygens (including phenoxy) is 1. The average molecular weight is 296 g/mol. The number of allylic oxidation sites excluding steroid dienone is 2. The molecule has 122 valence electrons. The van der Waals surface area contributed by atoms with Gasteiger partial charge in [-0.05, 0) is 71.9 Å². The van der Waals surface area contributed by atoms with Gasteiger partial charge in [-0.3, -0.25) is 0 Å². The van der Waals surface area contributed by atoms with Crippen LogP contribution in [0, 0.1) is 11.8 Å². The fraction of sp³-hybridized carbons (Fsp3) is 0.824. The number of hydrogen-bond donors (Lipinski definition) is 2. The monoisotopic (exact) mass is 296 g/mol. The van der Waals surface area contributed by atoms with Gasteiger partial charge in [0.05, 0.1) is 0 Å². The number of carbonyl (C=O) groups excluding carboxylic acids is 1. The van der Waals surface area contributed by atoms with E-state index in [4.69, 9.17) is 4.74 Å². The Hall–Kier alpha value is -1.03. The van der Waals surface area contributed by atoms with Gasteiger partial charge in [0, 0.05) is 6.54 Å². The Morgan fingerprint density at radius 2 is 2.10 bits per heavy atom. The molecule has 2 N–H and O–H groups in total. The van der Waals surface area contributed by atoms with Crippen molar-refractivity contribution in [1.82, 2.24) is 10.6 Å². The molecule has 0 aromatic carbocycles. The largest absolute Gasteiger partial charge is 0.444 e. The van der Waals surface area contributed by atoms with Gasteiger partial charge in [0.2, 0.25) is 0 Å². The smallest absolute Gasteiger partial charge is 0.407 e. The van der Waals surface area contributed by atoms with Gasteiger partial charge < -0.3 is 15.4 Å². The fourth-order valence-electron chi connectivity index (χ4n) is 2.87. The summed E-state index contributed by atoms with van der Waals surface area (Å²) in [4.78, 5) is 11.5. The molecule has 1 aliphatic rings. The van der Waals surface area contributed by atoms with Gasteiger partial charge in [-0.1, -0.05) is 18.6 Å². The lowest BCUT2D eigenvalue weighted by Gasteiger charge is -2.25. The summed E-state index contributed by atoms with van der Waals surface area (Å²) in [5.74, 6) is 1.46. The van der Waals surface area contributed by atoms with Crippen LogP contribution < -0.4 is 10.6 Å². The van der Waals surface area contributed by atoms with Crippen LogP contribution in [0.4, 0.5) is 4.79 Å². The minimum absolute atomic E-state index is 0.329. The maximum atomic E-state index is 11.5. The zero-order valence-corrected chi connectivity index (χ0v) is 14.3. The number of nitrogens with one attached hydrogen (secondary N) is 2. The quantitative estimate of drug-likeness (QED) is 0.583. The first-order valence-electron chi connectivity index (χ1n) is 8.11. The molecule has 0 heterocycles. The molecule has 1 amide bonds. The zero-order valence-electron chi connectivity index (χ0n) is 14.3. The lowest BCUT2D eigenvalue weighted by molar-refractivity contribution is 0.0527. The second-order valence-electron chi connectivity index (χ2n) is 7.28. The van der Waals surface area contributed by atoms with Gasteiger partial charge in [0.25, 0.3) is 0 Å². The van der Waals surface area contributed by atoms with E-state index in [1.54, 1.807) is 0 Å². The van der Waals surface area contributed by atoms with E-state index in [-0.39, 0.29) is 6.09 Å². The standard InChI is InChI=1S/C17H32N2O2/c1-13-9-14(2)11-15(10-13)12-18-7-6-8-19-16(20)21-17(3,4)5/h9,13,15,18H,6-8,10-12H2,1-5H3,(H,19,20). The lowest BCUT2D eigenvalue weighted by Crippen LogP contribution is -2.34. The molecule has 0 bridgehead atoms. The lowest BCUT2D eigenvalue weighted by atomic mass is 9.84. The van der Waals surface area contributed by atoms with Crippen molar-refractivity contribution in [1.29, 1.82) is 0 Å². The molecule has 2 atom stereocenters. The van der Waals surface area contributed by atoms with E-state index < -0.39 is 5.60 Å². The van der Waals surface area contributed by atoms with E-state index in [2.05, 4.69) is 30.6 Å². The summed E-state index contributed by atoms with van der Waals surface area (Å²) in [6, 6.07) is 0. The summed E-state index contributed by atoms with van der Waals surface area (Å²) < 4.78 is 5.19. The first-order chi connectivity index (χ1) is 9.76. The van der Waals surface area contributed by atoms with E-state index >= 15 is 0 Å². The highest BCUT2D eigenvalue weighted by Crippen LogP contribution is 2.27. The minimum Gasteiger partial charge on any atom is -0.444 e. The van der Waals surface area contributed by atoms with Crippen molar-refractivity contribution in [2.45, 2.75) is 59.5 Å². The molecular weight excluding hydrogens is 264 g/mol. The van der Waals surface area contributed by atoms with E-state index in [0.29, 0.717) is 12.5 Å². The molecular formula is C17H32N2O2. The molecule has 0 aliphatic heterocycles. The minimum atomic E-state index is -0.425. The van der Waals surface area contributed by atoms with Gasteiger partial charge >= 0.3 is 6.09 Å². The van der Waals surface area contributed by atoms with E-state index in [1.807, 2.05) is 20.8 Å². The van der Waals surface area contributed by atoms with Crippen LogP contribution >= 0.6 is 0 Å². The third kappa shape index (κ3) is 8.76. The number of amides is 1. The third-order valence-electron chi connectivity index (χ3n) is 3.52. The van der Waals surface area contributed by atoms with Crippen molar-refractivity contribution >= 4 is 6.09 Å². The second kappa shape index (κ2) is 8.42. The summed E-state index contributed by atoms with van der Waals surface area (Å²) in [6.07, 6.45) is 5.48. The summed E-state index contributed by atoms with van der Waals surface area (Å²) in [6.45, 7) is 12.8. The van der Waals surface area contributed by atoms with Crippen LogP contribution in [0.5, 0.6) is 0 Å². The van der Waals surface area contributed by atoms with Crippen molar-refractivity contribution in [3.63, 3.8) is 0 Å². The summed E-state index contributed by atoms with van der Waals surface area (Å²) in [7, 11) is 0. The molecule has 2 unspecified atom stereocenters. The number of carbonyl (C=O) groups is 1. The van der Waals surface area contributed by atoms with Crippen molar-refractivity contribution in [2.24, 2.45) is 11.8 Å². The molecule has 0 fully saturated rings. The van der Waals surface area contributed by atoms with E-state index in [9.17, 15) is 4.79 Å². The predicted molar refractivity (Wildman–Crippen MR) is 87.4 cm³/mol. The van der Waals surface area contributed by atoms with Crippen molar-refractivity contribution in [2.75, 3.05) is 19.6 Å². The van der Waals surface area contributed by atoms with Crippen LogP contribution in [-0.4, -0.2) is 31.3 Å². The summed E-state index contributed by atoms with van der Waals surface area (Å²) >= 11 is 0. The first kappa shape index (κ1) is 18.0. The van der Waals surface area contributed by atoms with Crippen molar-refractivity contribution in [3.05, 3.63) is 11.6 Å². The maximum Gasteiger partial charge on any atom is 0.407 e. The molecule has 0 aromatic rings. The highest BCUT2D eigenvalue weighted by Gasteiger charge is 2.17. The van der Waals surface area contributed by atoms with E-state index in [0.717, 1.165) is 25.4 Å². The fourth-order valence-corrected chi connectivity index (χ4v) is 2.87. The van der Waals surface area contributed by atoms with Crippen molar-refractivity contribution in [3.8, 4) is 0 Å². The van der Waals surface area contributed by atoms with Crippen molar-refractivity contribution < 1.29 is 9.53 Å². The van der Waals surface area contributed by atoms with Gasteiger partial charge in [-0.25, -0.2) is 4.79 Å². The normalized spacial score (nSPS) is 22.6. The molecule has 1 rings (SSSR count). The summed E-state index contributed by atoms with van der Waals surface area (Å²) in [5.41, 5.74) is 1.10. The number of alkyl carbamates (subject to hydrolysis) is 1. The molecule has 0 saturated heterocycles. The highest BCUT2D eigenvalue weighted by molar-refractivity contribution is 5.67. The summed E-state index contributed by atoms with van der Waals surface area (Å²) in [5, 5.41) is 6.28. The number of hydrogen-bond acceptors (Lipinski definition) is 3. The van der Waals surface area contributed by atoms with E-state index in [1.165, 1.54) is 18.4 Å². The maximum absolute atomic E-state index is 11.5. The Kier molecular flexibility index (Phi) is 7.23. The van der Waals surface area contributed by atoms with Crippen LogP contribution in [0.3, 0.4) is 0 Å². The molecule has 0 aromatic heterocycles. The molecule has 4 heteroatoms. The molecule has 1 aliphatic carbocycles. The van der Waals surface area contributed by atoms with Gasteiger partial charge in [0.15, 0.2) is 0 Å². The van der Waals surface area contributed by atoms with Crippen LogP contribution in [0.2, 0.25) is 0 Å². The Morgan fingerprint density at radius 1 is 1.38 bits per heavy atom. The molecule has 4 nitrogen and oxygen atoms in total. The van der Waals surface area contributed by atoms with Gasteiger partial charge in [0.1, 0.15) is 5.60 Å². The topological polar surface area (TPSA) is 50.4 Å². The highest BCUT2D eigenvalue weighted by atomic mass is 16.6. The predicted octanol–water partition coefficient (Wildman–Crippen LogP) is 3.48. The molecule has 0 saturated carbocycles. The van der Waals surface area contributed by atoms with Crippen LogP contribution in [-0.2, 0) is 4.74 Å². The average Bonchev–Trinajstić information content (AvgIpc) is 2.30. The second-order valence-corrected chi connectivity index (χ2v) is 7.28. The SMILES string of the molecule is CC1=CC(C)CC(CNCCCNC(=O)OC(C)(C)C)C1. The van der Waals surface area contributed by atoms with Crippen LogP contribution in [0.25, 0.3) is 0 Å². The van der Waals surface area contributed by atoms with Crippen LogP contribution in [0.1, 0.15) is 53.9 Å². The van der Waals surface area contributed by atoms with Gasteiger partial charge in [-0.2, -0.15) is 0 Å². The Labute approximate surface area is 129 Å². The van der Waals surface area contributed by atoms with Gasteiger partial charge in [-0.15, -0.1) is 0 Å².